The average molecular weight is 702 g/mol. The van der Waals surface area contributed by atoms with Crippen molar-refractivity contribution in [1.82, 2.24) is 5.32 Å². The summed E-state index contributed by atoms with van der Waals surface area (Å²) in [5.74, 6) is 0.738. The Kier molecular flexibility index (Phi) is 10.1. The molecule has 0 amide bonds. The van der Waals surface area contributed by atoms with E-state index in [-0.39, 0.29) is 45.5 Å². The number of hydrogen-bond acceptors (Lipinski definition) is 5. The fourth-order valence-electron chi connectivity index (χ4n) is 13.2. The summed E-state index contributed by atoms with van der Waals surface area (Å²) in [6.07, 6.45) is 11.2. The number of carbonyl (C=O) groups is 3. The maximum atomic E-state index is 14.0. The highest BCUT2D eigenvalue weighted by atomic mass is 16.5. The van der Waals surface area contributed by atoms with Crippen LogP contribution < -0.4 is 5.32 Å². The first kappa shape index (κ1) is 38.3. The number of benzene rings is 1. The van der Waals surface area contributed by atoms with Gasteiger partial charge < -0.3 is 15.2 Å². The summed E-state index contributed by atoms with van der Waals surface area (Å²) in [6.45, 7) is 22.0. The minimum Gasteiger partial charge on any atom is -0.481 e. The Morgan fingerprint density at radius 3 is 2.27 bits per heavy atom. The molecule has 0 aromatic heterocycles. The highest BCUT2D eigenvalue weighted by Gasteiger charge is 2.70. The Bertz CT molecular complexity index is 1540. The molecule has 6 nitrogen and oxygen atoms in total. The van der Waals surface area contributed by atoms with Crippen molar-refractivity contribution in [1.29, 1.82) is 0 Å². The average Bonchev–Trinajstić information content (AvgIpc) is 3.35. The van der Waals surface area contributed by atoms with Crippen LogP contribution in [0.2, 0.25) is 0 Å². The molecule has 8 atom stereocenters. The minimum absolute atomic E-state index is 0.00988. The van der Waals surface area contributed by atoms with Crippen LogP contribution in [-0.4, -0.2) is 42.0 Å². The molecular formula is C45H67NO5. The lowest BCUT2D eigenvalue weighted by atomic mass is 9.33. The van der Waals surface area contributed by atoms with Crippen LogP contribution in [0, 0.1) is 56.2 Å². The SMILES string of the molecule is CC(C)C1=C2[C@H]3CCC4[C@@]5(C)CC[C@H](OC(=O)CC(C)(C)C(=O)O)C(C)(C)C5CC[C@@]4(C)[C@]3(C)CC[C@@]2(CCNCCc2ccccc2)CC1=O. The lowest BCUT2D eigenvalue weighted by Gasteiger charge is -2.72. The zero-order chi connectivity index (χ0) is 37.2. The van der Waals surface area contributed by atoms with Crippen LogP contribution in [0.25, 0.3) is 0 Å². The van der Waals surface area contributed by atoms with E-state index >= 15 is 0 Å². The van der Waals surface area contributed by atoms with Gasteiger partial charge in [0.2, 0.25) is 0 Å². The molecule has 1 aromatic rings. The van der Waals surface area contributed by atoms with E-state index in [4.69, 9.17) is 4.74 Å². The number of hydrogen-bond donors (Lipinski definition) is 2. The molecule has 0 radical (unpaired) electrons. The molecule has 4 saturated carbocycles. The molecule has 2 N–H and O–H groups in total. The van der Waals surface area contributed by atoms with Gasteiger partial charge in [0.25, 0.3) is 0 Å². The van der Waals surface area contributed by atoms with E-state index in [1.165, 1.54) is 24.0 Å². The van der Waals surface area contributed by atoms with Crippen LogP contribution >= 0.6 is 0 Å². The van der Waals surface area contributed by atoms with Crippen LogP contribution in [0.3, 0.4) is 0 Å². The summed E-state index contributed by atoms with van der Waals surface area (Å²) in [7, 11) is 0. The lowest BCUT2D eigenvalue weighted by molar-refractivity contribution is -0.233. The maximum Gasteiger partial charge on any atom is 0.309 e. The zero-order valence-corrected chi connectivity index (χ0v) is 33.3. The standard InChI is InChI=1S/C45H67NO5/c1-29(2)37-32(47)27-45(24-26-46-25-19-30-13-11-10-12-14-30)23-22-43(8)31(38(37)45)15-16-34-42(7)20-18-35(51-36(48)28-40(3,4)39(49)50)41(5,6)33(42)17-21-44(34,43)9/h10-14,29,31,33-35,46H,15-28H2,1-9H3,(H,49,50)/t31-,33?,34?,35+,42+,43-,44-,45-/m1/s1. The van der Waals surface area contributed by atoms with E-state index in [1.54, 1.807) is 19.4 Å². The summed E-state index contributed by atoms with van der Waals surface area (Å²) in [6, 6.07) is 10.7. The molecule has 6 rings (SSSR count). The number of nitrogens with one attached hydrogen (secondary N) is 1. The third-order valence-electron chi connectivity index (χ3n) is 16.2. The highest BCUT2D eigenvalue weighted by molar-refractivity contribution is 6.00. The zero-order valence-electron chi connectivity index (χ0n) is 33.3. The molecule has 0 spiro atoms. The van der Waals surface area contributed by atoms with Gasteiger partial charge in [0, 0.05) is 17.3 Å². The Labute approximate surface area is 308 Å². The van der Waals surface area contributed by atoms with Crippen molar-refractivity contribution in [2.75, 3.05) is 13.1 Å². The Morgan fingerprint density at radius 1 is 0.902 bits per heavy atom. The van der Waals surface area contributed by atoms with Crippen molar-refractivity contribution < 1.29 is 24.2 Å². The minimum atomic E-state index is -1.14. The van der Waals surface area contributed by atoms with Gasteiger partial charge in [0.1, 0.15) is 6.10 Å². The van der Waals surface area contributed by atoms with E-state index in [9.17, 15) is 19.5 Å². The van der Waals surface area contributed by atoms with Gasteiger partial charge in [-0.25, -0.2) is 0 Å². The first-order valence-electron chi connectivity index (χ1n) is 20.3. The number of esters is 1. The number of ketones is 1. The smallest absolute Gasteiger partial charge is 0.309 e. The van der Waals surface area contributed by atoms with Gasteiger partial charge in [0.05, 0.1) is 11.8 Å². The summed E-state index contributed by atoms with van der Waals surface area (Å²) in [5.41, 5.74) is 3.17. The lowest BCUT2D eigenvalue weighted by Crippen LogP contribution is -2.65. The van der Waals surface area contributed by atoms with Crippen LogP contribution in [0.5, 0.6) is 0 Å². The second kappa shape index (κ2) is 13.4. The highest BCUT2D eigenvalue weighted by Crippen LogP contribution is 2.77. The van der Waals surface area contributed by atoms with Crippen LogP contribution in [0.15, 0.2) is 41.5 Å². The number of carbonyl (C=O) groups excluding carboxylic acids is 2. The maximum absolute atomic E-state index is 14.0. The number of aliphatic carboxylic acids is 1. The Balaban J connectivity index is 1.22. The van der Waals surface area contributed by atoms with E-state index in [2.05, 4.69) is 84.1 Å². The number of Topliss-reactive ketones (excluding diaryl/α,β-unsaturated/α-hetero) is 1. The quantitative estimate of drug-likeness (QED) is 0.176. The first-order chi connectivity index (χ1) is 23.8. The molecule has 282 valence electrons. The molecule has 5 aliphatic rings. The molecule has 5 aliphatic carbocycles. The number of ether oxygens (including phenoxy) is 1. The van der Waals surface area contributed by atoms with E-state index < -0.39 is 17.4 Å². The summed E-state index contributed by atoms with van der Waals surface area (Å²) in [5, 5.41) is 13.4. The monoisotopic (exact) mass is 702 g/mol. The third kappa shape index (κ3) is 6.25. The van der Waals surface area contributed by atoms with Crippen LogP contribution in [0.1, 0.15) is 139 Å². The van der Waals surface area contributed by atoms with Gasteiger partial charge in [-0.2, -0.15) is 0 Å². The molecule has 0 bridgehead atoms. The van der Waals surface area contributed by atoms with Gasteiger partial charge in [-0.3, -0.25) is 14.4 Å². The van der Waals surface area contributed by atoms with Gasteiger partial charge in [-0.1, -0.05) is 84.4 Å². The summed E-state index contributed by atoms with van der Waals surface area (Å²) >= 11 is 0. The van der Waals surface area contributed by atoms with Crippen LogP contribution in [-0.2, 0) is 25.5 Å². The molecule has 0 aliphatic heterocycles. The van der Waals surface area contributed by atoms with Crippen molar-refractivity contribution in [2.45, 2.75) is 145 Å². The molecule has 0 saturated heterocycles. The molecule has 6 heteroatoms. The van der Waals surface area contributed by atoms with Crippen molar-refractivity contribution in [3.8, 4) is 0 Å². The number of allylic oxidation sites excluding steroid dienone is 2. The van der Waals surface area contributed by atoms with Crippen LogP contribution in [0.4, 0.5) is 0 Å². The first-order valence-corrected chi connectivity index (χ1v) is 20.3. The molecule has 1 aromatic carbocycles. The predicted molar refractivity (Wildman–Crippen MR) is 203 cm³/mol. The topological polar surface area (TPSA) is 92.7 Å². The Morgan fingerprint density at radius 2 is 1.61 bits per heavy atom. The van der Waals surface area contributed by atoms with E-state index in [0.717, 1.165) is 64.5 Å². The fourth-order valence-corrected chi connectivity index (χ4v) is 13.2. The van der Waals surface area contributed by atoms with Gasteiger partial charge in [-0.05, 0) is 142 Å². The normalized spacial score (nSPS) is 37.3. The second-order valence-electron chi connectivity index (χ2n) is 19.9. The van der Waals surface area contributed by atoms with Crippen molar-refractivity contribution in [3.05, 3.63) is 47.0 Å². The van der Waals surface area contributed by atoms with E-state index in [0.29, 0.717) is 30.0 Å². The number of carboxylic acid groups (broad SMARTS) is 1. The third-order valence-corrected chi connectivity index (χ3v) is 16.2. The van der Waals surface area contributed by atoms with E-state index in [1.807, 2.05) is 0 Å². The summed E-state index contributed by atoms with van der Waals surface area (Å²) < 4.78 is 6.18. The van der Waals surface area contributed by atoms with Gasteiger partial charge in [0.15, 0.2) is 5.78 Å². The number of fused-ring (bicyclic) bond motifs is 7. The largest absolute Gasteiger partial charge is 0.481 e. The second-order valence-corrected chi connectivity index (χ2v) is 19.9. The predicted octanol–water partition coefficient (Wildman–Crippen LogP) is 9.60. The van der Waals surface area contributed by atoms with Crippen molar-refractivity contribution >= 4 is 17.7 Å². The van der Waals surface area contributed by atoms with Crippen molar-refractivity contribution in [2.24, 2.45) is 56.2 Å². The number of carboxylic acids is 1. The van der Waals surface area contributed by atoms with Gasteiger partial charge >= 0.3 is 11.9 Å². The summed E-state index contributed by atoms with van der Waals surface area (Å²) in [4.78, 5) is 38.8. The molecule has 0 heterocycles. The molecule has 51 heavy (non-hydrogen) atoms. The molecule has 2 unspecified atom stereocenters. The van der Waals surface area contributed by atoms with Crippen molar-refractivity contribution in [3.63, 3.8) is 0 Å². The molecule has 4 fully saturated rings. The number of rotatable bonds is 11. The molecular weight excluding hydrogens is 634 g/mol. The van der Waals surface area contributed by atoms with Gasteiger partial charge in [-0.15, -0.1) is 0 Å². The fraction of sp³-hybridized carbons (Fsp3) is 0.756. The Hall–Kier alpha value is -2.47.